The molecule has 28 heavy (non-hydrogen) atoms. The minimum atomic E-state index is -1.91. The molecule has 0 spiro atoms. The van der Waals surface area contributed by atoms with E-state index in [1.165, 1.54) is 23.1 Å². The standard InChI is InChI=1S/C21H22N2O5/c1-15(7-5-6-12-24)21(26)18-13-17(23(27)28)10-11-19(18)22(20(21)25)14-16-8-3-2-4-9-16/h2-5,7-11,13,15,24,26H,6,12,14H2,1H3/b7-5+/t15-,21+/m1/s1. The van der Waals surface area contributed by atoms with Crippen LogP contribution in [-0.4, -0.2) is 27.7 Å². The highest BCUT2D eigenvalue weighted by molar-refractivity contribution is 6.07. The second kappa shape index (κ2) is 7.92. The molecule has 1 amide bonds. The zero-order chi connectivity index (χ0) is 20.3. The molecule has 2 atom stereocenters. The Morgan fingerprint density at radius 2 is 1.96 bits per heavy atom. The van der Waals surface area contributed by atoms with E-state index in [9.17, 15) is 20.0 Å². The number of hydrogen-bond donors (Lipinski definition) is 2. The summed E-state index contributed by atoms with van der Waals surface area (Å²) in [5, 5.41) is 31.6. The van der Waals surface area contributed by atoms with Crippen LogP contribution in [0.5, 0.6) is 0 Å². The molecule has 0 saturated heterocycles. The first-order valence-corrected chi connectivity index (χ1v) is 9.04. The maximum absolute atomic E-state index is 13.3. The van der Waals surface area contributed by atoms with Gasteiger partial charge in [0.25, 0.3) is 11.6 Å². The molecule has 0 aliphatic carbocycles. The van der Waals surface area contributed by atoms with Crippen molar-refractivity contribution in [3.8, 4) is 0 Å². The Bertz CT molecular complexity index is 912. The molecule has 3 rings (SSSR count). The van der Waals surface area contributed by atoms with Gasteiger partial charge in [-0.3, -0.25) is 14.9 Å². The van der Waals surface area contributed by atoms with E-state index in [1.807, 2.05) is 30.3 Å². The predicted octanol–water partition coefficient (Wildman–Crippen LogP) is 2.90. The average Bonchev–Trinajstić information content (AvgIpc) is 2.91. The Kier molecular flexibility index (Phi) is 5.58. The summed E-state index contributed by atoms with van der Waals surface area (Å²) in [6.07, 6.45) is 3.74. The molecule has 1 aliphatic rings. The van der Waals surface area contributed by atoms with Gasteiger partial charge in [-0.15, -0.1) is 0 Å². The molecule has 1 heterocycles. The van der Waals surface area contributed by atoms with Gasteiger partial charge >= 0.3 is 0 Å². The molecule has 0 fully saturated rings. The molecule has 7 heteroatoms. The van der Waals surface area contributed by atoms with Gasteiger partial charge in [0.1, 0.15) is 0 Å². The summed E-state index contributed by atoms with van der Waals surface area (Å²) in [4.78, 5) is 25.4. The van der Waals surface area contributed by atoms with Gasteiger partial charge in [0, 0.05) is 30.2 Å². The lowest BCUT2D eigenvalue weighted by molar-refractivity contribution is -0.385. The van der Waals surface area contributed by atoms with E-state index in [0.717, 1.165) is 5.56 Å². The summed E-state index contributed by atoms with van der Waals surface area (Å²) in [5.41, 5.74) is -0.527. The highest BCUT2D eigenvalue weighted by Gasteiger charge is 2.53. The minimum absolute atomic E-state index is 0.0439. The van der Waals surface area contributed by atoms with E-state index >= 15 is 0 Å². The van der Waals surface area contributed by atoms with Crippen LogP contribution in [0.1, 0.15) is 24.5 Å². The first kappa shape index (κ1) is 19.7. The third kappa shape index (κ3) is 3.42. The summed E-state index contributed by atoms with van der Waals surface area (Å²) >= 11 is 0. The number of carbonyl (C=O) groups excluding carboxylic acids is 1. The Labute approximate surface area is 162 Å². The number of benzene rings is 2. The van der Waals surface area contributed by atoms with Gasteiger partial charge in [0.05, 0.1) is 17.2 Å². The number of amides is 1. The number of hydrogen-bond acceptors (Lipinski definition) is 5. The lowest BCUT2D eigenvalue weighted by Gasteiger charge is -2.27. The fourth-order valence-electron chi connectivity index (χ4n) is 3.49. The van der Waals surface area contributed by atoms with Crippen molar-refractivity contribution in [1.29, 1.82) is 0 Å². The smallest absolute Gasteiger partial charge is 0.269 e. The summed E-state index contributed by atoms with van der Waals surface area (Å²) in [6.45, 7) is 1.89. The SMILES string of the molecule is C[C@H](/C=C/CCO)[C@@]1(O)C(=O)N(Cc2ccccc2)c2ccc([N+](=O)[O-])cc21. The zero-order valence-electron chi connectivity index (χ0n) is 15.5. The van der Waals surface area contributed by atoms with Crippen LogP contribution in [0.3, 0.4) is 0 Å². The molecule has 0 unspecified atom stereocenters. The maximum atomic E-state index is 13.3. The molecule has 1 aliphatic heterocycles. The van der Waals surface area contributed by atoms with Crippen molar-refractivity contribution >= 4 is 17.3 Å². The lowest BCUT2D eigenvalue weighted by Crippen LogP contribution is -2.44. The number of nitro groups is 1. The third-order valence-electron chi connectivity index (χ3n) is 5.03. The van der Waals surface area contributed by atoms with Gasteiger partial charge in [0.15, 0.2) is 5.60 Å². The van der Waals surface area contributed by atoms with Crippen LogP contribution < -0.4 is 4.90 Å². The lowest BCUT2D eigenvalue weighted by atomic mass is 9.82. The highest BCUT2D eigenvalue weighted by Crippen LogP contribution is 2.47. The van der Waals surface area contributed by atoms with Crippen molar-refractivity contribution in [2.75, 3.05) is 11.5 Å². The van der Waals surface area contributed by atoms with E-state index < -0.39 is 22.3 Å². The van der Waals surface area contributed by atoms with Gasteiger partial charge in [-0.1, -0.05) is 49.4 Å². The van der Waals surface area contributed by atoms with Crippen molar-refractivity contribution in [3.05, 3.63) is 81.9 Å². The molecule has 2 aromatic rings. The van der Waals surface area contributed by atoms with E-state index in [2.05, 4.69) is 0 Å². The van der Waals surface area contributed by atoms with Crippen LogP contribution >= 0.6 is 0 Å². The minimum Gasteiger partial charge on any atom is -0.396 e. The quantitative estimate of drug-likeness (QED) is 0.435. The molecule has 146 valence electrons. The number of carbonyl (C=O) groups is 1. The first-order chi connectivity index (χ1) is 13.4. The largest absolute Gasteiger partial charge is 0.396 e. The third-order valence-corrected chi connectivity index (χ3v) is 5.03. The number of anilines is 1. The van der Waals surface area contributed by atoms with Gasteiger partial charge in [-0.2, -0.15) is 0 Å². The van der Waals surface area contributed by atoms with E-state index in [1.54, 1.807) is 19.1 Å². The van der Waals surface area contributed by atoms with Crippen LogP contribution in [0.15, 0.2) is 60.7 Å². The summed E-state index contributed by atoms with van der Waals surface area (Å²) < 4.78 is 0. The number of aliphatic hydroxyl groups is 2. The predicted molar refractivity (Wildman–Crippen MR) is 105 cm³/mol. The number of aliphatic hydroxyl groups excluding tert-OH is 1. The normalized spacial score (nSPS) is 19.8. The highest BCUT2D eigenvalue weighted by atomic mass is 16.6. The number of nitrogens with zero attached hydrogens (tertiary/aromatic N) is 2. The van der Waals surface area contributed by atoms with Crippen molar-refractivity contribution in [3.63, 3.8) is 0 Å². The van der Waals surface area contributed by atoms with Crippen LogP contribution in [0.4, 0.5) is 11.4 Å². The number of fused-ring (bicyclic) bond motifs is 1. The van der Waals surface area contributed by atoms with Crippen LogP contribution in [0.2, 0.25) is 0 Å². The Morgan fingerprint density at radius 3 is 2.61 bits per heavy atom. The van der Waals surface area contributed by atoms with E-state index in [4.69, 9.17) is 5.11 Å². The molecule has 0 bridgehead atoms. The zero-order valence-corrected chi connectivity index (χ0v) is 15.5. The average molecular weight is 382 g/mol. The Morgan fingerprint density at radius 1 is 1.25 bits per heavy atom. The van der Waals surface area contributed by atoms with E-state index in [-0.39, 0.29) is 24.4 Å². The number of rotatable bonds is 7. The summed E-state index contributed by atoms with van der Waals surface area (Å²) in [7, 11) is 0. The molecule has 0 radical (unpaired) electrons. The second-order valence-corrected chi connectivity index (χ2v) is 6.83. The molecule has 0 saturated carbocycles. The Balaban J connectivity index is 2.07. The van der Waals surface area contributed by atoms with Crippen LogP contribution in [0.25, 0.3) is 0 Å². The molecular weight excluding hydrogens is 360 g/mol. The van der Waals surface area contributed by atoms with Gasteiger partial charge in [0.2, 0.25) is 0 Å². The van der Waals surface area contributed by atoms with Crippen molar-refractivity contribution in [2.24, 2.45) is 5.92 Å². The Hall–Kier alpha value is -3.03. The van der Waals surface area contributed by atoms with Crippen molar-refractivity contribution in [2.45, 2.75) is 25.5 Å². The summed E-state index contributed by atoms with van der Waals surface area (Å²) in [6, 6.07) is 13.5. The fourth-order valence-corrected chi connectivity index (χ4v) is 3.49. The van der Waals surface area contributed by atoms with Crippen LogP contribution in [-0.2, 0) is 16.9 Å². The molecule has 2 aromatic carbocycles. The number of nitro benzene ring substituents is 1. The topological polar surface area (TPSA) is 104 Å². The first-order valence-electron chi connectivity index (χ1n) is 9.04. The van der Waals surface area contributed by atoms with Crippen LogP contribution in [0, 0.1) is 16.0 Å². The molecule has 7 nitrogen and oxygen atoms in total. The molecular formula is C21H22N2O5. The van der Waals surface area contributed by atoms with Crippen molar-refractivity contribution in [1.82, 2.24) is 0 Å². The van der Waals surface area contributed by atoms with Gasteiger partial charge in [-0.05, 0) is 18.1 Å². The fraction of sp³-hybridized carbons (Fsp3) is 0.286. The van der Waals surface area contributed by atoms with E-state index in [0.29, 0.717) is 12.1 Å². The molecule has 0 aromatic heterocycles. The monoisotopic (exact) mass is 382 g/mol. The molecule has 2 N–H and O–H groups in total. The van der Waals surface area contributed by atoms with Gasteiger partial charge < -0.3 is 15.1 Å². The number of non-ortho nitro benzene ring substituents is 1. The maximum Gasteiger partial charge on any atom is 0.269 e. The second-order valence-electron chi connectivity index (χ2n) is 6.83. The summed E-state index contributed by atoms with van der Waals surface area (Å²) in [5.74, 6) is -1.15. The van der Waals surface area contributed by atoms with Gasteiger partial charge in [-0.25, -0.2) is 0 Å². The van der Waals surface area contributed by atoms with Crippen molar-refractivity contribution < 1.29 is 19.9 Å².